The van der Waals surface area contributed by atoms with E-state index in [-0.39, 0.29) is 35.9 Å². The van der Waals surface area contributed by atoms with Gasteiger partial charge >= 0.3 is 6.61 Å². The van der Waals surface area contributed by atoms with Crippen molar-refractivity contribution in [2.75, 3.05) is 26.7 Å². The number of nitrogens with one attached hydrogen (secondary N) is 1. The summed E-state index contributed by atoms with van der Waals surface area (Å²) in [6.45, 7) is 1.09. The summed E-state index contributed by atoms with van der Waals surface area (Å²) >= 11 is 0. The summed E-state index contributed by atoms with van der Waals surface area (Å²) < 4.78 is 33.9. The second kappa shape index (κ2) is 8.14. The zero-order valence-electron chi connectivity index (χ0n) is 12.3. The number of amides is 1. The maximum absolute atomic E-state index is 12.5. The van der Waals surface area contributed by atoms with E-state index in [0.29, 0.717) is 12.1 Å². The van der Waals surface area contributed by atoms with Crippen LogP contribution >= 0.6 is 12.4 Å². The lowest BCUT2D eigenvalue weighted by molar-refractivity contribution is -0.0512. The standard InChI is InChI=1S/C14H18F2N2O3.ClH/c1-9-8-17-5-6-18(9)13(19)10-3-4-11(21-14(15)16)12(7-10)20-2;/h3-4,7,9,14,17H,5-6,8H2,1-2H3;1H/t9-;/m0./s1. The quantitative estimate of drug-likeness (QED) is 0.915. The van der Waals surface area contributed by atoms with Crippen molar-refractivity contribution < 1.29 is 23.0 Å². The van der Waals surface area contributed by atoms with Gasteiger partial charge in [0.2, 0.25) is 0 Å². The second-order valence-corrected chi connectivity index (χ2v) is 4.80. The summed E-state index contributed by atoms with van der Waals surface area (Å²) in [5, 5.41) is 3.20. The number of rotatable bonds is 4. The molecule has 1 aliphatic rings. The number of alkyl halides is 2. The molecule has 1 saturated heterocycles. The lowest BCUT2D eigenvalue weighted by Gasteiger charge is -2.34. The molecular formula is C14H19ClF2N2O3. The van der Waals surface area contributed by atoms with Crippen LogP contribution in [0, 0.1) is 0 Å². The first kappa shape index (κ1) is 18.4. The minimum atomic E-state index is -2.94. The number of hydrogen-bond acceptors (Lipinski definition) is 4. The average Bonchev–Trinajstić information content (AvgIpc) is 2.47. The molecule has 0 saturated carbocycles. The number of halogens is 3. The van der Waals surface area contributed by atoms with Gasteiger partial charge in [0.05, 0.1) is 7.11 Å². The Kier molecular flexibility index (Phi) is 6.83. The molecule has 1 fully saturated rings. The van der Waals surface area contributed by atoms with Crippen LogP contribution in [0.1, 0.15) is 17.3 Å². The summed E-state index contributed by atoms with van der Waals surface area (Å²) in [7, 11) is 1.34. The first-order valence-electron chi connectivity index (χ1n) is 6.67. The number of carbonyl (C=O) groups excluding carboxylic acids is 1. The predicted octanol–water partition coefficient (Wildman–Crippen LogP) is 2.15. The molecule has 0 unspecified atom stereocenters. The highest BCUT2D eigenvalue weighted by molar-refractivity contribution is 5.95. The van der Waals surface area contributed by atoms with Crippen molar-refractivity contribution in [1.29, 1.82) is 0 Å². The minimum absolute atomic E-state index is 0. The van der Waals surface area contributed by atoms with E-state index in [4.69, 9.17) is 4.74 Å². The molecule has 22 heavy (non-hydrogen) atoms. The van der Waals surface area contributed by atoms with Crippen LogP contribution in [0.2, 0.25) is 0 Å². The number of ether oxygens (including phenoxy) is 2. The Balaban J connectivity index is 0.00000242. The molecule has 5 nitrogen and oxygen atoms in total. The molecule has 1 heterocycles. The third-order valence-corrected chi connectivity index (χ3v) is 3.39. The molecule has 1 atom stereocenters. The van der Waals surface area contributed by atoms with Crippen LogP contribution < -0.4 is 14.8 Å². The van der Waals surface area contributed by atoms with E-state index in [1.165, 1.54) is 25.3 Å². The zero-order valence-corrected chi connectivity index (χ0v) is 13.2. The van der Waals surface area contributed by atoms with Crippen LogP contribution in [-0.2, 0) is 0 Å². The Labute approximate surface area is 134 Å². The molecule has 8 heteroatoms. The molecule has 124 valence electrons. The highest BCUT2D eigenvalue weighted by atomic mass is 35.5. The molecule has 1 aromatic carbocycles. The summed E-state index contributed by atoms with van der Waals surface area (Å²) in [5.41, 5.74) is 0.391. The van der Waals surface area contributed by atoms with Crippen LogP contribution in [0.25, 0.3) is 0 Å². The van der Waals surface area contributed by atoms with Gasteiger partial charge < -0.3 is 19.7 Å². The van der Waals surface area contributed by atoms with Crippen molar-refractivity contribution in [2.24, 2.45) is 0 Å². The maximum Gasteiger partial charge on any atom is 0.387 e. The number of methoxy groups -OCH3 is 1. The van der Waals surface area contributed by atoms with E-state index in [1.807, 2.05) is 6.92 Å². The van der Waals surface area contributed by atoms with Gasteiger partial charge in [0.15, 0.2) is 11.5 Å². The Bertz CT molecular complexity index is 517. The van der Waals surface area contributed by atoms with Gasteiger partial charge in [0, 0.05) is 31.2 Å². The lowest BCUT2D eigenvalue weighted by atomic mass is 10.1. The van der Waals surface area contributed by atoms with Crippen molar-refractivity contribution in [3.8, 4) is 11.5 Å². The van der Waals surface area contributed by atoms with Gasteiger partial charge in [-0.3, -0.25) is 4.79 Å². The van der Waals surface area contributed by atoms with E-state index in [9.17, 15) is 13.6 Å². The van der Waals surface area contributed by atoms with Crippen molar-refractivity contribution in [3.63, 3.8) is 0 Å². The molecule has 0 aliphatic carbocycles. The van der Waals surface area contributed by atoms with Crippen LogP contribution in [0.15, 0.2) is 18.2 Å². The molecule has 1 aliphatic heterocycles. The molecule has 1 aromatic rings. The SMILES string of the molecule is COc1cc(C(=O)N2CCNC[C@@H]2C)ccc1OC(F)F.Cl. The maximum atomic E-state index is 12.5. The Morgan fingerprint density at radius 3 is 2.73 bits per heavy atom. The van der Waals surface area contributed by atoms with Crippen molar-refractivity contribution >= 4 is 18.3 Å². The zero-order chi connectivity index (χ0) is 15.4. The Morgan fingerprint density at radius 1 is 1.41 bits per heavy atom. The molecule has 0 radical (unpaired) electrons. The molecule has 2 rings (SSSR count). The van der Waals surface area contributed by atoms with Crippen LogP contribution in [0.5, 0.6) is 11.5 Å². The Hall–Kier alpha value is -1.60. The molecule has 1 N–H and O–H groups in total. The monoisotopic (exact) mass is 336 g/mol. The first-order chi connectivity index (χ1) is 10.0. The van der Waals surface area contributed by atoms with Gasteiger partial charge in [0.25, 0.3) is 5.91 Å². The van der Waals surface area contributed by atoms with E-state index in [2.05, 4.69) is 10.1 Å². The topological polar surface area (TPSA) is 50.8 Å². The second-order valence-electron chi connectivity index (χ2n) is 4.80. The molecular weight excluding hydrogens is 318 g/mol. The number of carbonyl (C=O) groups is 1. The van der Waals surface area contributed by atoms with E-state index >= 15 is 0 Å². The fraction of sp³-hybridized carbons (Fsp3) is 0.500. The van der Waals surface area contributed by atoms with Gasteiger partial charge in [-0.05, 0) is 25.1 Å². The summed E-state index contributed by atoms with van der Waals surface area (Å²) in [6, 6.07) is 4.30. The predicted molar refractivity (Wildman–Crippen MR) is 80.2 cm³/mol. The van der Waals surface area contributed by atoms with Crippen molar-refractivity contribution in [1.82, 2.24) is 10.2 Å². The fourth-order valence-corrected chi connectivity index (χ4v) is 2.30. The van der Waals surface area contributed by atoms with Crippen LogP contribution in [0.3, 0.4) is 0 Å². The minimum Gasteiger partial charge on any atom is -0.493 e. The third-order valence-electron chi connectivity index (χ3n) is 3.39. The number of piperazine rings is 1. The highest BCUT2D eigenvalue weighted by Crippen LogP contribution is 2.30. The third kappa shape index (κ3) is 4.20. The lowest BCUT2D eigenvalue weighted by Crippen LogP contribution is -2.52. The summed E-state index contributed by atoms with van der Waals surface area (Å²) in [4.78, 5) is 14.2. The normalized spacial score (nSPS) is 17.9. The van der Waals surface area contributed by atoms with Gasteiger partial charge in [-0.15, -0.1) is 12.4 Å². The number of hydrogen-bond donors (Lipinski definition) is 1. The average molecular weight is 337 g/mol. The highest BCUT2D eigenvalue weighted by Gasteiger charge is 2.25. The molecule has 0 bridgehead atoms. The largest absolute Gasteiger partial charge is 0.493 e. The number of benzene rings is 1. The van der Waals surface area contributed by atoms with Crippen molar-refractivity contribution in [2.45, 2.75) is 19.6 Å². The van der Waals surface area contributed by atoms with Crippen LogP contribution in [-0.4, -0.2) is 50.2 Å². The van der Waals surface area contributed by atoms with Gasteiger partial charge in [-0.25, -0.2) is 0 Å². The number of nitrogens with zero attached hydrogens (tertiary/aromatic N) is 1. The summed E-state index contributed by atoms with van der Waals surface area (Å²) in [5.74, 6) is -0.118. The van der Waals surface area contributed by atoms with E-state index in [0.717, 1.165) is 13.1 Å². The molecule has 1 amide bonds. The van der Waals surface area contributed by atoms with Gasteiger partial charge in [-0.2, -0.15) is 8.78 Å². The molecule has 0 aromatic heterocycles. The Morgan fingerprint density at radius 2 is 2.14 bits per heavy atom. The van der Waals surface area contributed by atoms with E-state index < -0.39 is 6.61 Å². The van der Waals surface area contributed by atoms with Crippen molar-refractivity contribution in [3.05, 3.63) is 23.8 Å². The molecule has 0 spiro atoms. The smallest absolute Gasteiger partial charge is 0.387 e. The van der Waals surface area contributed by atoms with E-state index in [1.54, 1.807) is 4.90 Å². The van der Waals surface area contributed by atoms with Gasteiger partial charge in [0.1, 0.15) is 0 Å². The summed E-state index contributed by atoms with van der Waals surface area (Å²) in [6.07, 6.45) is 0. The first-order valence-corrected chi connectivity index (χ1v) is 6.67. The van der Waals surface area contributed by atoms with Crippen LogP contribution in [0.4, 0.5) is 8.78 Å². The fourth-order valence-electron chi connectivity index (χ4n) is 2.30. The van der Waals surface area contributed by atoms with Gasteiger partial charge in [-0.1, -0.05) is 0 Å².